The zero-order valence-electron chi connectivity index (χ0n) is 20.3. The first kappa shape index (κ1) is 29.9. The summed E-state index contributed by atoms with van der Waals surface area (Å²) in [6.45, 7) is -0.283. The van der Waals surface area contributed by atoms with E-state index in [1.807, 2.05) is 0 Å². The number of hydrogen-bond donors (Lipinski definition) is 1. The molecule has 6 nitrogen and oxygen atoms in total. The van der Waals surface area contributed by atoms with Crippen molar-refractivity contribution in [2.45, 2.75) is 36.9 Å². The van der Waals surface area contributed by atoms with Crippen LogP contribution in [0.2, 0.25) is 0 Å². The van der Waals surface area contributed by atoms with E-state index in [2.05, 4.69) is 0 Å². The number of rotatable bonds is 3. The quantitative estimate of drug-likeness (QED) is 0.414. The van der Waals surface area contributed by atoms with Crippen LogP contribution in [0, 0.1) is 0 Å². The number of anilines is 1. The van der Waals surface area contributed by atoms with Crippen LogP contribution in [0.25, 0.3) is 0 Å². The van der Waals surface area contributed by atoms with Gasteiger partial charge in [-0.25, -0.2) is 9.59 Å². The van der Waals surface area contributed by atoms with E-state index >= 15 is 0 Å². The Morgan fingerprint density at radius 1 is 0.821 bits per heavy atom. The summed E-state index contributed by atoms with van der Waals surface area (Å²) < 4.78 is 119. The molecule has 1 aliphatic rings. The number of carbonyl (C=O) groups is 2. The molecule has 2 aromatic rings. The Balaban J connectivity index is 1.96. The summed E-state index contributed by atoms with van der Waals surface area (Å²) in [5, 5.41) is 9.41. The minimum absolute atomic E-state index is 0.00443. The van der Waals surface area contributed by atoms with E-state index in [4.69, 9.17) is 0 Å². The molecule has 0 spiro atoms. The van der Waals surface area contributed by atoms with Gasteiger partial charge in [-0.05, 0) is 42.3 Å². The van der Waals surface area contributed by atoms with Crippen LogP contribution in [0.4, 0.5) is 54.8 Å². The summed E-state index contributed by atoms with van der Waals surface area (Å²) >= 11 is 0. The highest BCUT2D eigenvalue weighted by Gasteiger charge is 2.40. The number of carboxylic acid groups (broad SMARTS) is 1. The molecule has 2 aromatic carbocycles. The van der Waals surface area contributed by atoms with Gasteiger partial charge in [-0.1, -0.05) is 12.1 Å². The van der Waals surface area contributed by atoms with Crippen LogP contribution in [0.3, 0.4) is 0 Å². The van der Waals surface area contributed by atoms with Crippen molar-refractivity contribution in [1.29, 1.82) is 0 Å². The third-order valence-corrected chi connectivity index (χ3v) is 6.56. The summed E-state index contributed by atoms with van der Waals surface area (Å²) in [4.78, 5) is 27.4. The Labute approximate surface area is 216 Å². The highest BCUT2D eigenvalue weighted by molar-refractivity contribution is 5.92. The second-order valence-electron chi connectivity index (χ2n) is 9.03. The fourth-order valence-corrected chi connectivity index (χ4v) is 4.44. The molecule has 15 heteroatoms. The number of nitrogens with zero attached hydrogens (tertiary/aromatic N) is 3. The fourth-order valence-electron chi connectivity index (χ4n) is 4.44. The number of hydrogen-bond acceptors (Lipinski definition) is 2. The summed E-state index contributed by atoms with van der Waals surface area (Å²) in [5.74, 6) is -0.841. The van der Waals surface area contributed by atoms with Gasteiger partial charge in [0.05, 0.1) is 16.7 Å². The highest BCUT2D eigenvalue weighted by Crippen LogP contribution is 2.39. The smallest absolute Gasteiger partial charge is 0.416 e. The molecule has 0 bridgehead atoms. The predicted octanol–water partition coefficient (Wildman–Crippen LogP) is 6.77. The fraction of sp³-hybridized carbons (Fsp3) is 0.417. The van der Waals surface area contributed by atoms with Crippen molar-refractivity contribution in [3.63, 3.8) is 0 Å². The topological polar surface area (TPSA) is 64.1 Å². The molecule has 39 heavy (non-hydrogen) atoms. The van der Waals surface area contributed by atoms with E-state index in [-0.39, 0.29) is 31.1 Å². The Morgan fingerprint density at radius 3 is 1.74 bits per heavy atom. The van der Waals surface area contributed by atoms with Crippen molar-refractivity contribution in [3.05, 3.63) is 64.7 Å². The molecule has 0 aliphatic carbocycles. The van der Waals surface area contributed by atoms with Crippen molar-refractivity contribution < 1.29 is 54.2 Å². The zero-order valence-corrected chi connectivity index (χ0v) is 20.3. The molecule has 0 radical (unpaired) electrons. The Kier molecular flexibility index (Phi) is 8.04. The van der Waals surface area contributed by atoms with Crippen LogP contribution < -0.4 is 4.90 Å². The highest BCUT2D eigenvalue weighted by atomic mass is 19.4. The summed E-state index contributed by atoms with van der Waals surface area (Å²) in [5.41, 5.74) is -4.62. The minimum atomic E-state index is -5.14. The van der Waals surface area contributed by atoms with Gasteiger partial charge in [0.2, 0.25) is 0 Å². The third-order valence-electron chi connectivity index (χ3n) is 6.56. The minimum Gasteiger partial charge on any atom is -0.465 e. The Hall–Kier alpha value is -3.65. The molecule has 3 rings (SSSR count). The first-order chi connectivity index (χ1) is 17.8. The van der Waals surface area contributed by atoms with E-state index in [0.717, 1.165) is 41.1 Å². The van der Waals surface area contributed by atoms with Gasteiger partial charge in [0.1, 0.15) is 0 Å². The lowest BCUT2D eigenvalue weighted by atomic mass is 9.85. The van der Waals surface area contributed by atoms with Crippen molar-refractivity contribution in [2.24, 2.45) is 0 Å². The Bertz CT molecular complexity index is 1180. The first-order valence-electron chi connectivity index (χ1n) is 11.3. The average Bonchev–Trinajstić information content (AvgIpc) is 2.85. The van der Waals surface area contributed by atoms with E-state index in [1.165, 1.54) is 7.05 Å². The van der Waals surface area contributed by atoms with Gasteiger partial charge in [0.25, 0.3) is 0 Å². The number of halogens is 9. The largest absolute Gasteiger partial charge is 0.465 e. The molecule has 0 saturated carbocycles. The lowest BCUT2D eigenvalue weighted by Gasteiger charge is -2.43. The standard InChI is InChI=1S/C24H22F9N3O3/c1-34(17-10-15(23(28,29)30)9-16(11-17)24(31,32)33)20(37)35(2)19-7-8-36(21(38)39)12-18(19)13-3-5-14(6-4-13)22(25,26)27/h3-6,9-11,18-19H,7-8,12H2,1-2H3,(H,38,39)/t18?,19-/m1/s1. The van der Waals surface area contributed by atoms with Crippen LogP contribution in [0.1, 0.15) is 34.6 Å². The maximum atomic E-state index is 13.3. The number of amides is 3. The lowest BCUT2D eigenvalue weighted by molar-refractivity contribution is -0.143. The molecule has 1 fully saturated rings. The molecule has 1 N–H and O–H groups in total. The van der Waals surface area contributed by atoms with E-state index < -0.39 is 65.0 Å². The number of likely N-dealkylation sites (N-methyl/N-ethyl adjacent to an activating group) is 1. The van der Waals surface area contributed by atoms with Crippen molar-refractivity contribution in [1.82, 2.24) is 9.80 Å². The van der Waals surface area contributed by atoms with E-state index in [0.29, 0.717) is 17.0 Å². The number of urea groups is 1. The molecular weight excluding hydrogens is 549 g/mol. The van der Waals surface area contributed by atoms with Crippen LogP contribution in [0.5, 0.6) is 0 Å². The molecule has 1 saturated heterocycles. The second kappa shape index (κ2) is 10.5. The molecule has 1 aliphatic heterocycles. The number of likely N-dealkylation sites (tertiary alicyclic amines) is 1. The van der Waals surface area contributed by atoms with Gasteiger partial charge in [0.15, 0.2) is 0 Å². The van der Waals surface area contributed by atoms with Gasteiger partial charge in [-0.15, -0.1) is 0 Å². The zero-order chi connectivity index (χ0) is 29.5. The molecule has 2 atom stereocenters. The normalized spacial score (nSPS) is 18.6. The van der Waals surface area contributed by atoms with Crippen LogP contribution >= 0.6 is 0 Å². The molecule has 214 valence electrons. The molecule has 3 amide bonds. The van der Waals surface area contributed by atoms with Gasteiger partial charge < -0.3 is 14.9 Å². The van der Waals surface area contributed by atoms with Gasteiger partial charge >= 0.3 is 30.7 Å². The molecule has 1 heterocycles. The van der Waals surface area contributed by atoms with Crippen LogP contribution in [0.15, 0.2) is 42.5 Å². The monoisotopic (exact) mass is 571 g/mol. The number of carbonyl (C=O) groups excluding carboxylic acids is 1. The SMILES string of the molecule is CN(C(=O)N(C)[C@@H]1CCN(C(=O)O)CC1c1ccc(C(F)(F)F)cc1)c1cc(C(F)(F)F)cc(C(F)(F)F)c1. The van der Waals surface area contributed by atoms with E-state index in [9.17, 15) is 54.2 Å². The average molecular weight is 571 g/mol. The molecule has 1 unspecified atom stereocenters. The molecule has 0 aromatic heterocycles. The maximum absolute atomic E-state index is 13.3. The van der Waals surface area contributed by atoms with Crippen LogP contribution in [-0.4, -0.2) is 60.3 Å². The third kappa shape index (κ3) is 6.68. The predicted molar refractivity (Wildman–Crippen MR) is 120 cm³/mol. The van der Waals surface area contributed by atoms with Crippen molar-refractivity contribution in [3.8, 4) is 0 Å². The van der Waals surface area contributed by atoms with E-state index in [1.54, 1.807) is 0 Å². The van der Waals surface area contributed by atoms with Gasteiger partial charge in [-0.2, -0.15) is 39.5 Å². The summed E-state index contributed by atoms with van der Waals surface area (Å²) in [6, 6.07) is 2.71. The summed E-state index contributed by atoms with van der Waals surface area (Å²) in [7, 11) is 2.21. The Morgan fingerprint density at radius 2 is 1.31 bits per heavy atom. The van der Waals surface area contributed by atoms with Gasteiger partial charge in [-0.3, -0.25) is 4.90 Å². The second-order valence-corrected chi connectivity index (χ2v) is 9.03. The first-order valence-corrected chi connectivity index (χ1v) is 11.3. The van der Waals surface area contributed by atoms with Crippen LogP contribution in [-0.2, 0) is 18.5 Å². The number of alkyl halides is 9. The lowest BCUT2D eigenvalue weighted by Crippen LogP contribution is -2.54. The number of piperidine rings is 1. The maximum Gasteiger partial charge on any atom is 0.416 e. The van der Waals surface area contributed by atoms with Crippen molar-refractivity contribution >= 4 is 17.8 Å². The summed E-state index contributed by atoms with van der Waals surface area (Å²) in [6.07, 6.45) is -16.2. The van der Waals surface area contributed by atoms with Crippen molar-refractivity contribution in [2.75, 3.05) is 32.1 Å². The number of benzene rings is 2. The molecular formula is C24H22F9N3O3. The van der Waals surface area contributed by atoms with Gasteiger partial charge in [0, 0.05) is 44.8 Å².